The zero-order chi connectivity index (χ0) is 33.3. The monoisotopic (exact) mass is 645 g/mol. The van der Waals surface area contributed by atoms with Crippen LogP contribution in [0.15, 0.2) is 145 Å². The predicted octanol–water partition coefficient (Wildman–Crippen LogP) is 9.93. The molecule has 0 radical (unpaired) electrons. The summed E-state index contributed by atoms with van der Waals surface area (Å²) in [5.74, 6) is 2.47. The molecule has 0 saturated heterocycles. The zero-order valence-corrected chi connectivity index (χ0v) is 26.7. The predicted molar refractivity (Wildman–Crippen MR) is 201 cm³/mol. The molecule has 8 heteroatoms. The quantitative estimate of drug-likeness (QED) is 0.180. The molecule has 0 saturated carbocycles. The molecule has 10 rings (SSSR count). The molecule has 0 atom stereocenters. The summed E-state index contributed by atoms with van der Waals surface area (Å²) < 4.78 is 12.5. The molecule has 0 spiro atoms. The molecule has 5 aromatic heterocycles. The average Bonchev–Trinajstić information content (AvgIpc) is 3.90. The number of nitrogens with zero attached hydrogens (tertiary/aromatic N) is 7. The van der Waals surface area contributed by atoms with Gasteiger partial charge in [0.25, 0.3) is 0 Å². The summed E-state index contributed by atoms with van der Waals surface area (Å²) >= 11 is 0. The number of furan rings is 1. The molecule has 0 N–H and O–H groups in total. The topological polar surface area (TPSA) is 79.0 Å². The number of hydrogen-bond donors (Lipinski definition) is 0. The van der Waals surface area contributed by atoms with Crippen molar-refractivity contribution in [3.05, 3.63) is 152 Å². The van der Waals surface area contributed by atoms with Gasteiger partial charge < -0.3 is 4.42 Å². The van der Waals surface area contributed by atoms with Gasteiger partial charge in [0.15, 0.2) is 11.6 Å². The van der Waals surface area contributed by atoms with Crippen LogP contribution in [-0.2, 0) is 0 Å². The minimum atomic E-state index is 0.543. The van der Waals surface area contributed by atoms with Gasteiger partial charge in [-0.2, -0.15) is 15.0 Å². The molecule has 10 aromatic rings. The summed E-state index contributed by atoms with van der Waals surface area (Å²) in [7, 11) is 0. The van der Waals surface area contributed by atoms with E-state index < -0.39 is 0 Å². The standard InChI is InChI=1S/C42H27N7O/c1-3-32-33(4-2)49-37-30-20-12-14-22-36(30)50-40(37)46-42(49)47(32)28-23-24-35-31(25-28)29-19-11-13-21-34(29)48(35)41-44-38(26-15-7-5-8-16-26)43-39(45-41)27-17-9-6-10-18-27/h3-25H,1-2H2. The number of benzene rings is 5. The highest BCUT2D eigenvalue weighted by atomic mass is 16.3. The van der Waals surface area contributed by atoms with Crippen molar-refractivity contribution in [1.82, 2.24) is 33.5 Å². The molecule has 0 aliphatic carbocycles. The third-order valence-electron chi connectivity index (χ3n) is 9.31. The summed E-state index contributed by atoms with van der Waals surface area (Å²) in [6.07, 6.45) is 3.71. The summed E-state index contributed by atoms with van der Waals surface area (Å²) in [5, 5.41) is 3.11. The van der Waals surface area contributed by atoms with Crippen molar-refractivity contribution in [2.24, 2.45) is 0 Å². The lowest BCUT2D eigenvalue weighted by atomic mass is 10.1. The highest BCUT2D eigenvalue weighted by molar-refractivity contribution is 6.10. The van der Waals surface area contributed by atoms with E-state index in [1.54, 1.807) is 0 Å². The Morgan fingerprint density at radius 2 is 1.16 bits per heavy atom. The second-order valence-electron chi connectivity index (χ2n) is 12.1. The molecule has 0 fully saturated rings. The van der Waals surface area contributed by atoms with Crippen LogP contribution in [0.1, 0.15) is 11.4 Å². The lowest BCUT2D eigenvalue weighted by Gasteiger charge is -2.11. The Labute approximate surface area is 285 Å². The van der Waals surface area contributed by atoms with Gasteiger partial charge in [0, 0.05) is 33.0 Å². The molecule has 5 heterocycles. The average molecular weight is 646 g/mol. The summed E-state index contributed by atoms with van der Waals surface area (Å²) in [4.78, 5) is 20.1. The van der Waals surface area contributed by atoms with Gasteiger partial charge in [-0.05, 0) is 48.6 Å². The van der Waals surface area contributed by atoms with E-state index in [0.29, 0.717) is 23.3 Å². The van der Waals surface area contributed by atoms with Crippen LogP contribution in [0.3, 0.4) is 0 Å². The minimum Gasteiger partial charge on any atom is -0.436 e. The van der Waals surface area contributed by atoms with Crippen molar-refractivity contribution in [2.45, 2.75) is 0 Å². The number of aromatic nitrogens is 7. The van der Waals surface area contributed by atoms with Crippen molar-refractivity contribution in [2.75, 3.05) is 0 Å². The smallest absolute Gasteiger partial charge is 0.248 e. The molecule has 8 nitrogen and oxygen atoms in total. The Hall–Kier alpha value is -7.06. The number of rotatable bonds is 6. The maximum absolute atomic E-state index is 6.20. The molecule has 50 heavy (non-hydrogen) atoms. The largest absolute Gasteiger partial charge is 0.436 e. The fraction of sp³-hybridized carbons (Fsp3) is 0. The number of fused-ring (bicyclic) bond motifs is 8. The lowest BCUT2D eigenvalue weighted by molar-refractivity contribution is 0.656. The van der Waals surface area contributed by atoms with Crippen LogP contribution in [0.25, 0.3) is 96.3 Å². The normalized spacial score (nSPS) is 11.8. The Morgan fingerprint density at radius 3 is 1.86 bits per heavy atom. The van der Waals surface area contributed by atoms with Crippen molar-refractivity contribution in [3.8, 4) is 34.4 Å². The van der Waals surface area contributed by atoms with Gasteiger partial charge in [0.2, 0.25) is 17.4 Å². The Morgan fingerprint density at radius 1 is 0.540 bits per heavy atom. The van der Waals surface area contributed by atoms with E-state index in [9.17, 15) is 0 Å². The first-order valence-electron chi connectivity index (χ1n) is 16.3. The Kier molecular flexibility index (Phi) is 6.01. The molecule has 0 aliphatic rings. The second kappa shape index (κ2) is 10.7. The number of hydrogen-bond acceptors (Lipinski definition) is 5. The van der Waals surface area contributed by atoms with Crippen molar-refractivity contribution in [1.29, 1.82) is 0 Å². The van der Waals surface area contributed by atoms with E-state index in [0.717, 1.165) is 72.3 Å². The zero-order valence-electron chi connectivity index (χ0n) is 26.7. The van der Waals surface area contributed by atoms with E-state index in [4.69, 9.17) is 24.4 Å². The van der Waals surface area contributed by atoms with E-state index in [2.05, 4.69) is 69.2 Å². The first-order chi connectivity index (χ1) is 24.7. The highest BCUT2D eigenvalue weighted by Gasteiger charge is 2.24. The van der Waals surface area contributed by atoms with E-state index in [1.165, 1.54) is 0 Å². The highest BCUT2D eigenvalue weighted by Crippen LogP contribution is 2.37. The summed E-state index contributed by atoms with van der Waals surface area (Å²) in [6, 6.07) is 42.8. The minimum absolute atomic E-state index is 0.543. The first-order valence-corrected chi connectivity index (χ1v) is 16.3. The van der Waals surface area contributed by atoms with Crippen LogP contribution < -0.4 is 0 Å². The van der Waals surface area contributed by atoms with Gasteiger partial charge in [-0.25, -0.2) is 4.98 Å². The summed E-state index contributed by atoms with van der Waals surface area (Å²) in [5.41, 5.74) is 8.76. The van der Waals surface area contributed by atoms with Crippen molar-refractivity contribution < 1.29 is 4.42 Å². The van der Waals surface area contributed by atoms with Crippen LogP contribution >= 0.6 is 0 Å². The van der Waals surface area contributed by atoms with Crippen LogP contribution in [0.2, 0.25) is 0 Å². The number of imidazole rings is 2. The van der Waals surface area contributed by atoms with Gasteiger partial charge in [-0.1, -0.05) is 104 Å². The first kappa shape index (κ1) is 28.0. The van der Waals surface area contributed by atoms with Gasteiger partial charge in [0.05, 0.1) is 22.4 Å². The third-order valence-corrected chi connectivity index (χ3v) is 9.31. The van der Waals surface area contributed by atoms with Gasteiger partial charge in [-0.3, -0.25) is 13.5 Å². The maximum Gasteiger partial charge on any atom is 0.248 e. The number of para-hydroxylation sites is 2. The third kappa shape index (κ3) is 3.99. The molecule has 0 unspecified atom stereocenters. The Balaban J connectivity index is 1.24. The molecule has 0 amide bonds. The van der Waals surface area contributed by atoms with Gasteiger partial charge >= 0.3 is 0 Å². The molecular formula is C42H27N7O. The molecular weight excluding hydrogens is 619 g/mol. The summed E-state index contributed by atoms with van der Waals surface area (Å²) in [6.45, 7) is 8.36. The second-order valence-corrected chi connectivity index (χ2v) is 12.1. The van der Waals surface area contributed by atoms with E-state index in [-0.39, 0.29) is 0 Å². The SMILES string of the molecule is C=Cc1c(C=C)n2c3c(nc2n1-c1ccc2c(c1)c1ccccc1n2-c1nc(-c2ccccc2)nc(-c2ccccc2)n1)oc1ccccc13. The van der Waals surface area contributed by atoms with Crippen LogP contribution in [0.4, 0.5) is 0 Å². The molecule has 0 aliphatic heterocycles. The van der Waals surface area contributed by atoms with Gasteiger partial charge in [0.1, 0.15) is 11.1 Å². The Bertz CT molecular complexity index is 2910. The maximum atomic E-state index is 6.20. The van der Waals surface area contributed by atoms with E-state index >= 15 is 0 Å². The van der Waals surface area contributed by atoms with Crippen molar-refractivity contribution >= 4 is 61.9 Å². The molecule has 5 aromatic carbocycles. The van der Waals surface area contributed by atoms with Crippen LogP contribution in [0.5, 0.6) is 0 Å². The van der Waals surface area contributed by atoms with E-state index in [1.807, 2.05) is 97.1 Å². The lowest BCUT2D eigenvalue weighted by Crippen LogP contribution is -2.06. The molecule has 0 bridgehead atoms. The van der Waals surface area contributed by atoms with Crippen LogP contribution in [-0.4, -0.2) is 33.5 Å². The van der Waals surface area contributed by atoms with Gasteiger partial charge in [-0.15, -0.1) is 0 Å². The van der Waals surface area contributed by atoms with Crippen molar-refractivity contribution in [3.63, 3.8) is 0 Å². The molecule has 236 valence electrons. The fourth-order valence-electron chi connectivity index (χ4n) is 7.13. The van der Waals surface area contributed by atoms with Crippen LogP contribution in [0, 0.1) is 0 Å². The fourth-order valence-corrected chi connectivity index (χ4v) is 7.13.